The summed E-state index contributed by atoms with van der Waals surface area (Å²) >= 11 is 0. The molecule has 1 amide bonds. The summed E-state index contributed by atoms with van der Waals surface area (Å²) in [6.45, 7) is 7.90. The van der Waals surface area contributed by atoms with Crippen LogP contribution in [0.4, 0.5) is 10.5 Å². The number of anilines is 1. The van der Waals surface area contributed by atoms with E-state index in [1.54, 1.807) is 4.90 Å². The van der Waals surface area contributed by atoms with Crippen molar-refractivity contribution in [2.45, 2.75) is 64.4 Å². The number of rotatable bonds is 4. The van der Waals surface area contributed by atoms with Crippen LogP contribution in [-0.4, -0.2) is 36.3 Å². The standard InChI is InChI=1S/C21H32N2O3/c1-21(2,3)26-20(24)23-11-9-16(10-12-23)18-8-7-17(13-19(18)22)25-14-15-5-4-6-15/h7-8,13,15-16H,4-6,9-12,14,22H2,1-3H3. The molecule has 0 spiro atoms. The summed E-state index contributed by atoms with van der Waals surface area (Å²) in [7, 11) is 0. The van der Waals surface area contributed by atoms with E-state index in [1.807, 2.05) is 32.9 Å². The summed E-state index contributed by atoms with van der Waals surface area (Å²) in [6, 6.07) is 6.08. The molecule has 1 aromatic rings. The smallest absolute Gasteiger partial charge is 0.410 e. The van der Waals surface area contributed by atoms with Crippen molar-refractivity contribution >= 4 is 11.8 Å². The highest BCUT2D eigenvalue weighted by atomic mass is 16.6. The van der Waals surface area contributed by atoms with Gasteiger partial charge in [-0.1, -0.05) is 12.5 Å². The second kappa shape index (κ2) is 7.77. The summed E-state index contributed by atoms with van der Waals surface area (Å²) in [4.78, 5) is 14.0. The van der Waals surface area contributed by atoms with Crippen LogP contribution in [0.3, 0.4) is 0 Å². The number of nitrogen functional groups attached to an aromatic ring is 1. The molecule has 144 valence electrons. The number of likely N-dealkylation sites (tertiary alicyclic amines) is 1. The van der Waals surface area contributed by atoms with E-state index in [9.17, 15) is 4.79 Å². The Balaban J connectivity index is 1.53. The Kier molecular flexibility index (Phi) is 5.64. The van der Waals surface area contributed by atoms with Gasteiger partial charge in [0.1, 0.15) is 11.4 Å². The molecule has 1 heterocycles. The van der Waals surface area contributed by atoms with Crippen LogP contribution in [0.5, 0.6) is 5.75 Å². The van der Waals surface area contributed by atoms with Gasteiger partial charge < -0.3 is 20.1 Å². The van der Waals surface area contributed by atoms with Crippen LogP contribution in [0, 0.1) is 5.92 Å². The fourth-order valence-electron chi connectivity index (χ4n) is 3.59. The monoisotopic (exact) mass is 360 g/mol. The molecule has 1 aromatic carbocycles. The molecule has 5 heteroatoms. The molecule has 1 aliphatic heterocycles. The molecule has 0 unspecified atom stereocenters. The molecule has 3 rings (SSSR count). The first-order valence-corrected chi connectivity index (χ1v) is 9.82. The molecule has 5 nitrogen and oxygen atoms in total. The molecule has 0 atom stereocenters. The van der Waals surface area contributed by atoms with E-state index in [1.165, 1.54) is 24.8 Å². The molecule has 26 heavy (non-hydrogen) atoms. The molecule has 0 bridgehead atoms. The quantitative estimate of drug-likeness (QED) is 0.799. The highest BCUT2D eigenvalue weighted by Crippen LogP contribution is 2.34. The van der Waals surface area contributed by atoms with E-state index in [0.29, 0.717) is 24.9 Å². The Morgan fingerprint density at radius 3 is 2.42 bits per heavy atom. The van der Waals surface area contributed by atoms with Crippen molar-refractivity contribution in [1.82, 2.24) is 4.90 Å². The number of piperidine rings is 1. The SMILES string of the molecule is CC(C)(C)OC(=O)N1CCC(c2ccc(OCC3CCC3)cc2N)CC1. The number of carbonyl (C=O) groups is 1. The number of nitrogens with two attached hydrogens (primary N) is 1. The fraction of sp³-hybridized carbons (Fsp3) is 0.667. The molecule has 1 saturated heterocycles. The molecule has 2 fully saturated rings. The molecule has 2 N–H and O–H groups in total. The Morgan fingerprint density at radius 2 is 1.88 bits per heavy atom. The average Bonchev–Trinajstić information content (AvgIpc) is 2.52. The molecule has 0 radical (unpaired) electrons. The summed E-state index contributed by atoms with van der Waals surface area (Å²) in [5.74, 6) is 1.96. The molecular formula is C21H32N2O3. The second-order valence-corrected chi connectivity index (χ2v) is 8.64. The number of hydrogen-bond acceptors (Lipinski definition) is 4. The predicted octanol–water partition coefficient (Wildman–Crippen LogP) is 4.56. The number of nitrogens with zero attached hydrogens (tertiary/aromatic N) is 1. The third kappa shape index (κ3) is 4.83. The maximum Gasteiger partial charge on any atom is 0.410 e. The van der Waals surface area contributed by atoms with Crippen LogP contribution in [0.25, 0.3) is 0 Å². The molecule has 1 aliphatic carbocycles. The van der Waals surface area contributed by atoms with Gasteiger partial charge >= 0.3 is 6.09 Å². The highest BCUT2D eigenvalue weighted by Gasteiger charge is 2.28. The van der Waals surface area contributed by atoms with Gasteiger partial charge in [-0.3, -0.25) is 0 Å². The van der Waals surface area contributed by atoms with E-state index >= 15 is 0 Å². The minimum Gasteiger partial charge on any atom is -0.493 e. The van der Waals surface area contributed by atoms with Gasteiger partial charge in [-0.05, 0) is 69.9 Å². The lowest BCUT2D eigenvalue weighted by atomic mass is 9.86. The molecule has 0 aromatic heterocycles. The lowest BCUT2D eigenvalue weighted by Crippen LogP contribution is -2.41. The van der Waals surface area contributed by atoms with Gasteiger partial charge in [0.2, 0.25) is 0 Å². The Bertz CT molecular complexity index is 627. The number of ether oxygens (including phenoxy) is 2. The minimum atomic E-state index is -0.451. The first-order valence-electron chi connectivity index (χ1n) is 9.82. The van der Waals surface area contributed by atoms with Crippen molar-refractivity contribution in [3.05, 3.63) is 23.8 Å². The topological polar surface area (TPSA) is 64.8 Å². The summed E-state index contributed by atoms with van der Waals surface area (Å²) in [5, 5.41) is 0. The maximum atomic E-state index is 12.2. The first-order chi connectivity index (χ1) is 12.3. The molecular weight excluding hydrogens is 328 g/mol. The van der Waals surface area contributed by atoms with Crippen molar-refractivity contribution in [1.29, 1.82) is 0 Å². The van der Waals surface area contributed by atoms with E-state index in [-0.39, 0.29) is 6.09 Å². The lowest BCUT2D eigenvalue weighted by molar-refractivity contribution is 0.0205. The molecule has 1 saturated carbocycles. The number of carbonyl (C=O) groups excluding carboxylic acids is 1. The van der Waals surface area contributed by atoms with Crippen LogP contribution < -0.4 is 10.5 Å². The van der Waals surface area contributed by atoms with Gasteiger partial charge in [0.15, 0.2) is 0 Å². The Labute approximate surface area is 156 Å². The van der Waals surface area contributed by atoms with Crippen LogP contribution in [0.2, 0.25) is 0 Å². The predicted molar refractivity (Wildman–Crippen MR) is 103 cm³/mol. The lowest BCUT2D eigenvalue weighted by Gasteiger charge is -2.34. The Morgan fingerprint density at radius 1 is 1.19 bits per heavy atom. The molecule has 2 aliphatic rings. The van der Waals surface area contributed by atoms with Crippen LogP contribution in [0.1, 0.15) is 64.4 Å². The van der Waals surface area contributed by atoms with E-state index in [0.717, 1.165) is 30.9 Å². The normalized spacial score (nSPS) is 19.1. The van der Waals surface area contributed by atoms with Crippen molar-refractivity contribution in [3.63, 3.8) is 0 Å². The summed E-state index contributed by atoms with van der Waals surface area (Å²) < 4.78 is 11.3. The van der Waals surface area contributed by atoms with Gasteiger partial charge in [-0.25, -0.2) is 4.79 Å². The zero-order valence-corrected chi connectivity index (χ0v) is 16.3. The first kappa shape index (κ1) is 18.9. The Hall–Kier alpha value is -1.91. The van der Waals surface area contributed by atoms with Gasteiger partial charge in [0.05, 0.1) is 6.61 Å². The van der Waals surface area contributed by atoms with Crippen molar-refractivity contribution in [3.8, 4) is 5.75 Å². The number of benzene rings is 1. The average molecular weight is 360 g/mol. The third-order valence-corrected chi connectivity index (χ3v) is 5.36. The minimum absolute atomic E-state index is 0.219. The van der Waals surface area contributed by atoms with E-state index < -0.39 is 5.60 Å². The summed E-state index contributed by atoms with van der Waals surface area (Å²) in [6.07, 6.45) is 5.49. The van der Waals surface area contributed by atoms with Crippen LogP contribution in [0.15, 0.2) is 18.2 Å². The number of amides is 1. The van der Waals surface area contributed by atoms with E-state index in [2.05, 4.69) is 6.07 Å². The second-order valence-electron chi connectivity index (χ2n) is 8.64. The van der Waals surface area contributed by atoms with Gasteiger partial charge in [0, 0.05) is 24.8 Å². The van der Waals surface area contributed by atoms with Crippen molar-refractivity contribution in [2.24, 2.45) is 5.92 Å². The number of hydrogen-bond donors (Lipinski definition) is 1. The van der Waals surface area contributed by atoms with Crippen LogP contribution >= 0.6 is 0 Å². The van der Waals surface area contributed by atoms with Gasteiger partial charge in [-0.2, -0.15) is 0 Å². The van der Waals surface area contributed by atoms with Gasteiger partial charge in [0.25, 0.3) is 0 Å². The summed E-state index contributed by atoms with van der Waals surface area (Å²) in [5.41, 5.74) is 7.82. The van der Waals surface area contributed by atoms with E-state index in [4.69, 9.17) is 15.2 Å². The maximum absolute atomic E-state index is 12.2. The zero-order chi connectivity index (χ0) is 18.7. The largest absolute Gasteiger partial charge is 0.493 e. The van der Waals surface area contributed by atoms with Crippen molar-refractivity contribution < 1.29 is 14.3 Å². The van der Waals surface area contributed by atoms with Gasteiger partial charge in [-0.15, -0.1) is 0 Å². The fourth-order valence-corrected chi connectivity index (χ4v) is 3.59. The zero-order valence-electron chi connectivity index (χ0n) is 16.3. The van der Waals surface area contributed by atoms with Crippen LogP contribution in [-0.2, 0) is 4.74 Å². The highest BCUT2D eigenvalue weighted by molar-refractivity contribution is 5.68. The third-order valence-electron chi connectivity index (χ3n) is 5.36. The van der Waals surface area contributed by atoms with Crippen molar-refractivity contribution in [2.75, 3.05) is 25.4 Å².